The van der Waals surface area contributed by atoms with Gasteiger partial charge in [-0.15, -0.1) is 0 Å². The summed E-state index contributed by atoms with van der Waals surface area (Å²) >= 11 is 0. The van der Waals surface area contributed by atoms with Gasteiger partial charge in [-0.25, -0.2) is 4.79 Å². The molecular formula is C17H29N3O2. The van der Waals surface area contributed by atoms with Gasteiger partial charge < -0.3 is 15.4 Å². The van der Waals surface area contributed by atoms with Gasteiger partial charge in [-0.05, 0) is 30.9 Å². The van der Waals surface area contributed by atoms with Gasteiger partial charge >= 0.3 is 6.03 Å². The van der Waals surface area contributed by atoms with E-state index >= 15 is 0 Å². The van der Waals surface area contributed by atoms with Gasteiger partial charge in [-0.2, -0.15) is 0 Å². The average Bonchev–Trinajstić information content (AvgIpc) is 2.45. The van der Waals surface area contributed by atoms with Gasteiger partial charge in [-0.3, -0.25) is 4.98 Å². The number of aromatic nitrogens is 1. The molecule has 0 saturated carbocycles. The van der Waals surface area contributed by atoms with Crippen LogP contribution in [0.2, 0.25) is 0 Å². The quantitative estimate of drug-likeness (QED) is 0.775. The van der Waals surface area contributed by atoms with E-state index in [9.17, 15) is 4.79 Å². The second-order valence-electron chi connectivity index (χ2n) is 6.43. The van der Waals surface area contributed by atoms with Crippen molar-refractivity contribution in [3.63, 3.8) is 0 Å². The number of rotatable bonds is 8. The standard InChI is InChI=1S/C17H29N3O2/c1-12(2)10-22-11-14(5)19-17(21)20-16(13(3)4)15-8-6-7-9-18-15/h6-9,12-14,16H,10-11H2,1-5H3,(H2,19,20,21)/t14-,16+/m0/s1. The first-order chi connectivity index (χ1) is 10.4. The van der Waals surface area contributed by atoms with Gasteiger partial charge in [-0.1, -0.05) is 33.8 Å². The maximum Gasteiger partial charge on any atom is 0.315 e. The third-order valence-corrected chi connectivity index (χ3v) is 3.16. The number of carbonyl (C=O) groups excluding carboxylic acids is 1. The van der Waals surface area contributed by atoms with Crippen LogP contribution in [0.25, 0.3) is 0 Å². The van der Waals surface area contributed by atoms with Crippen LogP contribution in [0.1, 0.15) is 46.4 Å². The summed E-state index contributed by atoms with van der Waals surface area (Å²) in [6.07, 6.45) is 1.74. The first-order valence-corrected chi connectivity index (χ1v) is 7.95. The minimum absolute atomic E-state index is 0.0321. The van der Waals surface area contributed by atoms with Gasteiger partial charge in [0.1, 0.15) is 0 Å². The number of urea groups is 1. The summed E-state index contributed by atoms with van der Waals surface area (Å²) in [6, 6.07) is 5.40. The van der Waals surface area contributed by atoms with Crippen LogP contribution in [0, 0.1) is 11.8 Å². The first-order valence-electron chi connectivity index (χ1n) is 7.95. The Labute approximate surface area is 133 Å². The lowest BCUT2D eigenvalue weighted by molar-refractivity contribution is 0.0951. The predicted molar refractivity (Wildman–Crippen MR) is 88.6 cm³/mol. The van der Waals surface area contributed by atoms with Crippen molar-refractivity contribution in [3.8, 4) is 0 Å². The molecule has 0 radical (unpaired) electrons. The van der Waals surface area contributed by atoms with Crippen molar-refractivity contribution in [2.45, 2.75) is 46.7 Å². The minimum Gasteiger partial charge on any atom is -0.379 e. The van der Waals surface area contributed by atoms with Crippen molar-refractivity contribution in [2.24, 2.45) is 11.8 Å². The maximum atomic E-state index is 12.1. The van der Waals surface area contributed by atoms with Gasteiger partial charge in [0.05, 0.1) is 24.4 Å². The van der Waals surface area contributed by atoms with Crippen LogP contribution in [-0.2, 0) is 4.74 Å². The monoisotopic (exact) mass is 307 g/mol. The van der Waals surface area contributed by atoms with Crippen LogP contribution in [0.3, 0.4) is 0 Å². The first kappa shape index (κ1) is 18.4. The molecule has 0 aliphatic heterocycles. The molecule has 1 aromatic rings. The topological polar surface area (TPSA) is 63.2 Å². The smallest absolute Gasteiger partial charge is 0.315 e. The second-order valence-corrected chi connectivity index (χ2v) is 6.43. The van der Waals surface area contributed by atoms with Gasteiger partial charge in [0.15, 0.2) is 0 Å². The number of nitrogens with one attached hydrogen (secondary N) is 2. The van der Waals surface area contributed by atoms with E-state index in [2.05, 4.69) is 43.3 Å². The Bertz CT molecular complexity index is 435. The Morgan fingerprint density at radius 3 is 2.41 bits per heavy atom. The molecule has 5 nitrogen and oxygen atoms in total. The van der Waals surface area contributed by atoms with Crippen LogP contribution in [-0.4, -0.2) is 30.3 Å². The lowest BCUT2D eigenvalue weighted by Gasteiger charge is -2.23. The Balaban J connectivity index is 2.47. The number of hydrogen-bond donors (Lipinski definition) is 2. The van der Waals surface area contributed by atoms with Crippen molar-refractivity contribution in [1.29, 1.82) is 0 Å². The molecule has 1 rings (SSSR count). The molecule has 124 valence electrons. The molecule has 5 heteroatoms. The molecule has 0 aliphatic carbocycles. The van der Waals surface area contributed by atoms with Crippen molar-refractivity contribution < 1.29 is 9.53 Å². The summed E-state index contributed by atoms with van der Waals surface area (Å²) < 4.78 is 5.54. The molecule has 2 N–H and O–H groups in total. The number of ether oxygens (including phenoxy) is 1. The molecule has 2 atom stereocenters. The highest BCUT2D eigenvalue weighted by Crippen LogP contribution is 2.19. The zero-order valence-electron chi connectivity index (χ0n) is 14.3. The molecule has 0 spiro atoms. The number of pyridine rings is 1. The third kappa shape index (κ3) is 6.89. The Morgan fingerprint density at radius 1 is 1.14 bits per heavy atom. The van der Waals surface area contributed by atoms with Crippen LogP contribution in [0.15, 0.2) is 24.4 Å². The summed E-state index contributed by atoms with van der Waals surface area (Å²) in [5, 5.41) is 5.90. The molecule has 0 saturated heterocycles. The van der Waals surface area contributed by atoms with E-state index in [1.54, 1.807) is 6.20 Å². The molecule has 0 aliphatic rings. The number of carbonyl (C=O) groups is 1. The normalized spacial score (nSPS) is 14.0. The maximum absolute atomic E-state index is 12.1. The molecule has 0 aromatic carbocycles. The number of hydrogen-bond acceptors (Lipinski definition) is 3. The fourth-order valence-corrected chi connectivity index (χ4v) is 2.07. The summed E-state index contributed by atoms with van der Waals surface area (Å²) in [5.74, 6) is 0.753. The molecule has 1 aromatic heterocycles. The molecule has 1 heterocycles. The van der Waals surface area contributed by atoms with E-state index in [0.29, 0.717) is 19.1 Å². The highest BCUT2D eigenvalue weighted by atomic mass is 16.5. The van der Waals surface area contributed by atoms with Crippen molar-refractivity contribution >= 4 is 6.03 Å². The molecule has 0 unspecified atom stereocenters. The summed E-state index contributed by atoms with van der Waals surface area (Å²) in [6.45, 7) is 11.5. The van der Waals surface area contributed by atoms with Crippen molar-refractivity contribution in [2.75, 3.05) is 13.2 Å². The second kappa shape index (κ2) is 9.41. The van der Waals surface area contributed by atoms with Crippen LogP contribution < -0.4 is 10.6 Å². The number of nitrogens with zero attached hydrogens (tertiary/aromatic N) is 1. The average molecular weight is 307 g/mol. The highest BCUT2D eigenvalue weighted by Gasteiger charge is 2.20. The zero-order chi connectivity index (χ0) is 16.5. The molecule has 22 heavy (non-hydrogen) atoms. The van der Waals surface area contributed by atoms with E-state index in [1.807, 2.05) is 25.1 Å². The Morgan fingerprint density at radius 2 is 1.86 bits per heavy atom. The molecular weight excluding hydrogens is 278 g/mol. The summed E-state index contributed by atoms with van der Waals surface area (Å²) in [4.78, 5) is 16.5. The fraction of sp³-hybridized carbons (Fsp3) is 0.647. The Kier molecular flexibility index (Phi) is 7.88. The third-order valence-electron chi connectivity index (χ3n) is 3.16. The van der Waals surface area contributed by atoms with E-state index < -0.39 is 0 Å². The predicted octanol–water partition coefficient (Wildman–Crippen LogP) is 3.14. The van der Waals surface area contributed by atoms with E-state index in [4.69, 9.17) is 4.74 Å². The highest BCUT2D eigenvalue weighted by molar-refractivity contribution is 5.74. The van der Waals surface area contributed by atoms with Crippen molar-refractivity contribution in [1.82, 2.24) is 15.6 Å². The van der Waals surface area contributed by atoms with Gasteiger partial charge in [0.25, 0.3) is 0 Å². The van der Waals surface area contributed by atoms with E-state index in [0.717, 1.165) is 5.69 Å². The lowest BCUT2D eigenvalue weighted by atomic mass is 10.0. The zero-order valence-corrected chi connectivity index (χ0v) is 14.3. The van der Waals surface area contributed by atoms with Gasteiger partial charge in [0.2, 0.25) is 0 Å². The fourth-order valence-electron chi connectivity index (χ4n) is 2.07. The molecule has 2 amide bonds. The van der Waals surface area contributed by atoms with Crippen molar-refractivity contribution in [3.05, 3.63) is 30.1 Å². The number of amides is 2. The van der Waals surface area contributed by atoms with Crippen LogP contribution in [0.5, 0.6) is 0 Å². The largest absolute Gasteiger partial charge is 0.379 e. The lowest BCUT2D eigenvalue weighted by Crippen LogP contribution is -2.45. The summed E-state index contributed by atoms with van der Waals surface area (Å²) in [5.41, 5.74) is 0.872. The van der Waals surface area contributed by atoms with Crippen LogP contribution in [0.4, 0.5) is 4.79 Å². The van der Waals surface area contributed by atoms with E-state index in [-0.39, 0.29) is 24.0 Å². The molecule has 0 bridgehead atoms. The minimum atomic E-state index is -0.190. The Hall–Kier alpha value is -1.62. The summed E-state index contributed by atoms with van der Waals surface area (Å²) in [7, 11) is 0. The molecule has 0 fully saturated rings. The van der Waals surface area contributed by atoms with Gasteiger partial charge in [0, 0.05) is 12.8 Å². The SMILES string of the molecule is CC(C)COC[C@H](C)NC(=O)N[C@@H](c1ccccn1)C(C)C. The van der Waals surface area contributed by atoms with E-state index in [1.165, 1.54) is 0 Å². The van der Waals surface area contributed by atoms with Crippen LogP contribution >= 0.6 is 0 Å².